The van der Waals surface area contributed by atoms with Gasteiger partial charge in [0.05, 0.1) is 0 Å². The van der Waals surface area contributed by atoms with Crippen molar-refractivity contribution < 1.29 is 117 Å². The molecule has 0 radical (unpaired) electrons. The van der Waals surface area contributed by atoms with Crippen molar-refractivity contribution in [1.29, 1.82) is 0 Å². The van der Waals surface area contributed by atoms with Crippen molar-refractivity contribution in [3.63, 3.8) is 0 Å². The van der Waals surface area contributed by atoms with E-state index in [0.717, 1.165) is 0 Å². The minimum Gasteiger partial charge on any atom is -0.808 e. The molecule has 8 heavy (non-hydrogen) atoms. The van der Waals surface area contributed by atoms with Gasteiger partial charge in [0.15, 0.2) is 0 Å². The number of hydrogen-bond acceptors (Lipinski definition) is 3. The Balaban J connectivity index is -0.000000125. The van der Waals surface area contributed by atoms with Crippen LogP contribution in [0.2, 0.25) is 0 Å². The average molecular weight is 184 g/mol. The van der Waals surface area contributed by atoms with Crippen molar-refractivity contribution in [3.05, 3.63) is 12.4 Å². The van der Waals surface area contributed by atoms with Crippen molar-refractivity contribution in [2.24, 2.45) is 0 Å². The van der Waals surface area contributed by atoms with Crippen molar-refractivity contribution >= 4 is 7.60 Å². The molecule has 36 valence electrons. The Morgan fingerprint density at radius 2 is 1.50 bits per heavy atom. The van der Waals surface area contributed by atoms with Gasteiger partial charge in [-0.15, -0.1) is 0 Å². The van der Waals surface area contributed by atoms with E-state index >= 15 is 0 Å². The van der Waals surface area contributed by atoms with Crippen molar-refractivity contribution in [3.8, 4) is 0 Å². The van der Waals surface area contributed by atoms with Gasteiger partial charge in [-0.3, -0.25) is 0 Å². The molecule has 0 unspecified atom stereocenters. The van der Waals surface area contributed by atoms with Crippen LogP contribution in [-0.4, -0.2) is 0 Å². The molecule has 0 aliphatic carbocycles. The van der Waals surface area contributed by atoms with Gasteiger partial charge in [-0.1, -0.05) is 12.4 Å². The third-order valence-electron chi connectivity index (χ3n) is 0.224. The zero-order valence-electron chi connectivity index (χ0n) is 4.96. The minimum absolute atomic E-state index is 0. The van der Waals surface area contributed by atoms with Crippen LogP contribution in [0.25, 0.3) is 0 Å². The zero-order chi connectivity index (χ0) is 5.21. The molecule has 6 heteroatoms. The van der Waals surface area contributed by atoms with Crippen LogP contribution in [0.4, 0.5) is 0 Å². The first-order valence-corrected chi connectivity index (χ1v) is 2.83. The molecular weight excluding hydrogens is 181 g/mol. The predicted octanol–water partition coefficient (Wildman–Crippen LogP) is -6.95. The minimum atomic E-state index is -4.38. The first-order chi connectivity index (χ1) is 2.56. The Kier molecular flexibility index (Phi) is 17.9. The van der Waals surface area contributed by atoms with E-state index < -0.39 is 7.60 Å². The molecule has 0 bridgehead atoms. The summed E-state index contributed by atoms with van der Waals surface area (Å²) >= 11 is 0. The standard InChI is InChI=1S/C2H5O3P.2K/c1-2-6(3,4)5;;/h2H,1H2,(H2,3,4,5);;/q;2*+1/p-2. The summed E-state index contributed by atoms with van der Waals surface area (Å²) < 4.78 is 9.35. The fourth-order valence-electron chi connectivity index (χ4n) is 0. The third-order valence-corrected chi connectivity index (χ3v) is 0.671. The zero-order valence-corrected chi connectivity index (χ0v) is 12.1. The Morgan fingerprint density at radius 3 is 1.50 bits per heavy atom. The molecule has 0 aromatic heterocycles. The normalized spacial score (nSPS) is 8.25. The van der Waals surface area contributed by atoms with Crippen LogP contribution in [0.5, 0.6) is 0 Å². The van der Waals surface area contributed by atoms with Gasteiger partial charge >= 0.3 is 103 Å². The fourth-order valence-corrected chi connectivity index (χ4v) is 0. The van der Waals surface area contributed by atoms with Gasteiger partial charge < -0.3 is 14.4 Å². The van der Waals surface area contributed by atoms with Crippen LogP contribution < -0.4 is 113 Å². The molecule has 0 aromatic rings. The summed E-state index contributed by atoms with van der Waals surface area (Å²) in [6, 6.07) is 0. The van der Waals surface area contributed by atoms with Crippen LogP contribution >= 0.6 is 7.60 Å². The Labute approximate surface area is 133 Å². The van der Waals surface area contributed by atoms with Crippen molar-refractivity contribution in [2.75, 3.05) is 0 Å². The van der Waals surface area contributed by atoms with Gasteiger partial charge in [0.25, 0.3) is 0 Å². The van der Waals surface area contributed by atoms with E-state index in [1.165, 1.54) is 0 Å². The van der Waals surface area contributed by atoms with Gasteiger partial charge in [0, 0.05) is 0 Å². The van der Waals surface area contributed by atoms with Crippen LogP contribution in [0.15, 0.2) is 12.4 Å². The molecule has 0 aromatic carbocycles. The first-order valence-electron chi connectivity index (χ1n) is 1.21. The van der Waals surface area contributed by atoms with Crippen LogP contribution in [0.3, 0.4) is 0 Å². The second-order valence-corrected chi connectivity index (χ2v) is 2.17. The Morgan fingerprint density at radius 1 is 1.38 bits per heavy atom. The fraction of sp³-hybridized carbons (Fsp3) is 0. The molecule has 0 atom stereocenters. The predicted molar refractivity (Wildman–Crippen MR) is 17.8 cm³/mol. The summed E-state index contributed by atoms with van der Waals surface area (Å²) in [5.41, 5.74) is 0. The quantitative estimate of drug-likeness (QED) is 0.300. The van der Waals surface area contributed by atoms with E-state index in [-0.39, 0.29) is 103 Å². The van der Waals surface area contributed by atoms with Crippen molar-refractivity contribution in [2.45, 2.75) is 0 Å². The maximum atomic E-state index is 9.35. The van der Waals surface area contributed by atoms with E-state index in [0.29, 0.717) is 5.82 Å². The topological polar surface area (TPSA) is 63.2 Å². The molecule has 0 saturated heterocycles. The molecule has 3 nitrogen and oxygen atoms in total. The van der Waals surface area contributed by atoms with E-state index in [1.807, 2.05) is 0 Å². The second-order valence-electron chi connectivity index (χ2n) is 0.722. The molecule has 0 amide bonds. The van der Waals surface area contributed by atoms with Crippen LogP contribution in [-0.2, 0) is 4.57 Å². The Hall–Kier alpha value is 3.16. The van der Waals surface area contributed by atoms with Gasteiger partial charge in [-0.25, -0.2) is 0 Å². The third kappa shape index (κ3) is 16.1. The second kappa shape index (κ2) is 8.26. The summed E-state index contributed by atoms with van der Waals surface area (Å²) in [6.07, 6.45) is 0. The summed E-state index contributed by atoms with van der Waals surface area (Å²) in [4.78, 5) is 18.7. The van der Waals surface area contributed by atoms with Gasteiger partial charge in [0.2, 0.25) is 0 Å². The number of rotatable bonds is 1. The molecule has 0 N–H and O–H groups in total. The molecular formula is C2H3K2O3P. The maximum absolute atomic E-state index is 9.35. The first kappa shape index (κ1) is 17.3. The summed E-state index contributed by atoms with van der Waals surface area (Å²) in [6.45, 7) is 2.74. The molecule has 0 aliphatic heterocycles. The summed E-state index contributed by atoms with van der Waals surface area (Å²) in [5.74, 6) is 0.382. The Bertz CT molecular complexity index is 97.5. The van der Waals surface area contributed by atoms with Crippen LogP contribution in [0, 0.1) is 0 Å². The van der Waals surface area contributed by atoms with E-state index in [9.17, 15) is 14.4 Å². The SMILES string of the molecule is C=CP(=O)([O-])[O-].[K+].[K+]. The van der Waals surface area contributed by atoms with Crippen molar-refractivity contribution in [1.82, 2.24) is 0 Å². The van der Waals surface area contributed by atoms with Gasteiger partial charge in [0.1, 0.15) is 0 Å². The molecule has 0 aliphatic rings. The number of hydrogen-bond donors (Lipinski definition) is 0. The monoisotopic (exact) mass is 184 g/mol. The van der Waals surface area contributed by atoms with Gasteiger partial charge in [-0.05, 0) is 7.60 Å². The average Bonchev–Trinajstić information content (AvgIpc) is 1.35. The molecule has 0 rings (SSSR count). The molecule has 0 spiro atoms. The largest absolute Gasteiger partial charge is 1.00 e. The molecule has 0 heterocycles. The summed E-state index contributed by atoms with van der Waals surface area (Å²) in [7, 11) is -4.38. The van der Waals surface area contributed by atoms with E-state index in [1.54, 1.807) is 0 Å². The van der Waals surface area contributed by atoms with E-state index in [4.69, 9.17) is 0 Å². The van der Waals surface area contributed by atoms with E-state index in [2.05, 4.69) is 6.58 Å². The van der Waals surface area contributed by atoms with Crippen LogP contribution in [0.1, 0.15) is 0 Å². The molecule has 0 saturated carbocycles. The molecule has 0 fully saturated rings. The smallest absolute Gasteiger partial charge is 0.808 e. The maximum Gasteiger partial charge on any atom is 1.00 e. The summed E-state index contributed by atoms with van der Waals surface area (Å²) in [5, 5.41) is 0. The van der Waals surface area contributed by atoms with Gasteiger partial charge in [-0.2, -0.15) is 0 Å².